The van der Waals surface area contributed by atoms with E-state index in [0.29, 0.717) is 0 Å². The molecule has 0 aliphatic rings. The van der Waals surface area contributed by atoms with Crippen LogP contribution in [-0.2, 0) is 0 Å². The zero-order chi connectivity index (χ0) is 22.2. The van der Waals surface area contributed by atoms with Crippen LogP contribution in [-0.4, -0.2) is 31.6 Å². The molecule has 0 heterocycles. The molecule has 0 saturated heterocycles. The predicted molar refractivity (Wildman–Crippen MR) is 128 cm³/mol. The van der Waals surface area contributed by atoms with E-state index in [9.17, 15) is 0 Å². The fraction of sp³-hybridized carbons (Fsp3) is 0.348. The number of halogens is 1. The summed E-state index contributed by atoms with van der Waals surface area (Å²) in [5.41, 5.74) is 7.24. The Morgan fingerprint density at radius 1 is 0.774 bits per heavy atom. The second-order valence-corrected chi connectivity index (χ2v) is 6.88. The maximum atomic E-state index is 5.64. The number of rotatable bonds is 12. The van der Waals surface area contributed by atoms with E-state index in [2.05, 4.69) is 39.4 Å². The van der Waals surface area contributed by atoms with Crippen LogP contribution < -0.4 is 20.3 Å². The third-order valence-corrected chi connectivity index (χ3v) is 4.32. The van der Waals surface area contributed by atoms with Gasteiger partial charge in [0.15, 0.2) is 0 Å². The summed E-state index contributed by atoms with van der Waals surface area (Å²) < 4.78 is 14.8. The normalized spacial score (nSPS) is 10.9. The molecule has 0 aromatic heterocycles. The van der Waals surface area contributed by atoms with Crippen LogP contribution in [0, 0.1) is 0 Å². The molecular weight excluding hydrogens is 414 g/mol. The van der Waals surface area contributed by atoms with Gasteiger partial charge in [0.2, 0.25) is 5.96 Å². The summed E-state index contributed by atoms with van der Waals surface area (Å²) in [7, 11) is 0. The van der Waals surface area contributed by atoms with Crippen molar-refractivity contribution in [3.05, 3.63) is 59.7 Å². The predicted octanol–water partition coefficient (Wildman–Crippen LogP) is 5.10. The summed E-state index contributed by atoms with van der Waals surface area (Å²) in [5, 5.41) is 8.21. The Hall–Kier alpha value is -3.06. The number of ether oxygens (including phenoxy) is 2. The van der Waals surface area contributed by atoms with Crippen LogP contribution >= 0.6 is 11.8 Å². The summed E-state index contributed by atoms with van der Waals surface area (Å²) >= 11 is 5.58. The largest absolute Gasteiger partial charge is 0.494 e. The minimum atomic E-state index is 0.202. The van der Waals surface area contributed by atoms with Gasteiger partial charge in [-0.25, -0.2) is 10.9 Å². The zero-order valence-electron chi connectivity index (χ0n) is 18.1. The van der Waals surface area contributed by atoms with Gasteiger partial charge in [-0.15, -0.1) is 4.51 Å². The Morgan fingerprint density at radius 3 is 1.55 bits per heavy atom. The van der Waals surface area contributed by atoms with Crippen LogP contribution in [0.15, 0.2) is 63.2 Å². The van der Waals surface area contributed by atoms with E-state index < -0.39 is 0 Å². The third-order valence-electron chi connectivity index (χ3n) is 4.15. The highest BCUT2D eigenvalue weighted by Gasteiger charge is 1.97. The lowest BCUT2D eigenvalue weighted by atomic mass is 10.2. The SMILES string of the molecule is CCCCOc1ccc(/C=N/NC(=NCl)N/N=C/c2ccc(OCCCC)cc2)cc1. The molecule has 166 valence electrons. The molecule has 0 bridgehead atoms. The monoisotopic (exact) mass is 443 g/mol. The lowest BCUT2D eigenvalue weighted by Gasteiger charge is -2.05. The maximum Gasteiger partial charge on any atom is 0.250 e. The van der Waals surface area contributed by atoms with Gasteiger partial charge in [-0.05, 0) is 72.5 Å². The minimum absolute atomic E-state index is 0.202. The number of unbranched alkanes of at least 4 members (excludes halogenated alkanes) is 2. The Bertz CT molecular complexity index is 769. The average molecular weight is 444 g/mol. The second-order valence-electron chi connectivity index (χ2n) is 6.72. The standard InChI is InChI=1S/C23H30ClN5O2/c1-3-5-15-30-21-11-7-19(8-12-21)17-25-28-23(27-24)29-26-18-20-9-13-22(14-10-20)31-16-6-4-2/h7-14,17-18H,3-6,15-16H2,1-2H3,(H2,27,28,29)/b25-17+,26-18+. The van der Waals surface area contributed by atoms with Crippen molar-refractivity contribution in [2.45, 2.75) is 39.5 Å². The number of nitrogens with zero attached hydrogens (tertiary/aromatic N) is 3. The first-order chi connectivity index (χ1) is 15.2. The van der Waals surface area contributed by atoms with Gasteiger partial charge in [0.05, 0.1) is 25.6 Å². The van der Waals surface area contributed by atoms with E-state index >= 15 is 0 Å². The first-order valence-corrected chi connectivity index (χ1v) is 10.8. The number of hydrogen-bond donors (Lipinski definition) is 2. The molecule has 2 N–H and O–H groups in total. The van der Waals surface area contributed by atoms with Crippen LogP contribution in [0.2, 0.25) is 0 Å². The molecule has 0 radical (unpaired) electrons. The van der Waals surface area contributed by atoms with Crippen molar-refractivity contribution in [1.29, 1.82) is 0 Å². The number of guanidine groups is 1. The maximum absolute atomic E-state index is 5.64. The lowest BCUT2D eigenvalue weighted by Crippen LogP contribution is -2.30. The molecule has 31 heavy (non-hydrogen) atoms. The highest BCUT2D eigenvalue weighted by Crippen LogP contribution is 2.12. The number of benzene rings is 2. The molecule has 8 heteroatoms. The van der Waals surface area contributed by atoms with Crippen molar-refractivity contribution in [2.24, 2.45) is 14.7 Å². The van der Waals surface area contributed by atoms with E-state index in [1.54, 1.807) is 12.4 Å². The number of hydrogen-bond acceptors (Lipinski definition) is 5. The molecule has 0 unspecified atom stereocenters. The Balaban J connectivity index is 1.76. The summed E-state index contributed by atoms with van der Waals surface area (Å²) in [6, 6.07) is 15.3. The molecule has 0 saturated carbocycles. The van der Waals surface area contributed by atoms with E-state index in [1.807, 2.05) is 48.5 Å². The Labute approximate surface area is 189 Å². The van der Waals surface area contributed by atoms with Crippen molar-refractivity contribution in [3.63, 3.8) is 0 Å². The van der Waals surface area contributed by atoms with E-state index in [1.165, 1.54) is 0 Å². The quantitative estimate of drug-likeness (QED) is 0.207. The molecule has 2 rings (SSSR count). The van der Waals surface area contributed by atoms with Gasteiger partial charge in [-0.1, -0.05) is 26.7 Å². The van der Waals surface area contributed by atoms with Gasteiger partial charge >= 0.3 is 0 Å². The van der Waals surface area contributed by atoms with E-state index in [0.717, 1.165) is 61.5 Å². The highest BCUT2D eigenvalue weighted by atomic mass is 35.5. The van der Waals surface area contributed by atoms with Crippen LogP contribution in [0.1, 0.15) is 50.7 Å². The lowest BCUT2D eigenvalue weighted by molar-refractivity contribution is 0.309. The van der Waals surface area contributed by atoms with Gasteiger partial charge in [0.1, 0.15) is 11.5 Å². The summed E-state index contributed by atoms with van der Waals surface area (Å²) in [4.78, 5) is 0. The average Bonchev–Trinajstić information content (AvgIpc) is 2.80. The molecule has 0 spiro atoms. The Kier molecular flexibility index (Phi) is 11.6. The van der Waals surface area contributed by atoms with Gasteiger partial charge in [-0.2, -0.15) is 10.2 Å². The molecule has 0 aliphatic heterocycles. The minimum Gasteiger partial charge on any atom is -0.494 e. The molecule has 0 amide bonds. The number of hydrazone groups is 2. The molecule has 0 atom stereocenters. The van der Waals surface area contributed by atoms with Crippen LogP contribution in [0.5, 0.6) is 11.5 Å². The van der Waals surface area contributed by atoms with E-state index in [-0.39, 0.29) is 5.96 Å². The van der Waals surface area contributed by atoms with Gasteiger partial charge in [0, 0.05) is 11.8 Å². The first kappa shape index (κ1) is 24.2. The molecular formula is C23H30ClN5O2. The zero-order valence-corrected chi connectivity index (χ0v) is 18.8. The van der Waals surface area contributed by atoms with Gasteiger partial charge < -0.3 is 9.47 Å². The smallest absolute Gasteiger partial charge is 0.250 e. The van der Waals surface area contributed by atoms with Gasteiger partial charge in [0.25, 0.3) is 0 Å². The molecule has 2 aromatic carbocycles. The van der Waals surface area contributed by atoms with Crippen LogP contribution in [0.25, 0.3) is 0 Å². The first-order valence-electron chi connectivity index (χ1n) is 10.5. The van der Waals surface area contributed by atoms with Crippen molar-refractivity contribution in [1.82, 2.24) is 10.9 Å². The second kappa shape index (κ2) is 14.8. The van der Waals surface area contributed by atoms with Crippen molar-refractivity contribution in [2.75, 3.05) is 13.2 Å². The third kappa shape index (κ3) is 10.00. The van der Waals surface area contributed by atoms with Crippen molar-refractivity contribution >= 4 is 30.2 Å². The summed E-state index contributed by atoms with van der Waals surface area (Å²) in [6.07, 6.45) is 7.61. The Morgan fingerprint density at radius 2 is 1.19 bits per heavy atom. The van der Waals surface area contributed by atoms with Crippen LogP contribution in [0.4, 0.5) is 0 Å². The molecule has 7 nitrogen and oxygen atoms in total. The van der Waals surface area contributed by atoms with Crippen molar-refractivity contribution in [3.8, 4) is 11.5 Å². The van der Waals surface area contributed by atoms with Gasteiger partial charge in [-0.3, -0.25) is 0 Å². The van der Waals surface area contributed by atoms with E-state index in [4.69, 9.17) is 21.3 Å². The topological polar surface area (TPSA) is 79.6 Å². The van der Waals surface area contributed by atoms with Crippen molar-refractivity contribution < 1.29 is 9.47 Å². The molecule has 0 aliphatic carbocycles. The fourth-order valence-electron chi connectivity index (χ4n) is 2.37. The summed E-state index contributed by atoms with van der Waals surface area (Å²) in [6.45, 7) is 5.72. The number of nitrogens with one attached hydrogen (secondary N) is 2. The summed E-state index contributed by atoms with van der Waals surface area (Å²) in [5.74, 6) is 1.89. The molecule has 2 aromatic rings. The molecule has 0 fully saturated rings. The highest BCUT2D eigenvalue weighted by molar-refractivity contribution is 6.19. The van der Waals surface area contributed by atoms with Crippen LogP contribution in [0.3, 0.4) is 0 Å². The fourth-order valence-corrected chi connectivity index (χ4v) is 2.44.